The molecule has 0 bridgehead atoms. The number of hydrogen-bond acceptors (Lipinski definition) is 3. The van der Waals surface area contributed by atoms with Gasteiger partial charge in [-0.15, -0.1) is 0 Å². The summed E-state index contributed by atoms with van der Waals surface area (Å²) in [6, 6.07) is 16.8. The van der Waals surface area contributed by atoms with E-state index < -0.39 is 11.5 Å². The van der Waals surface area contributed by atoms with Gasteiger partial charge in [0.1, 0.15) is 17.0 Å². The summed E-state index contributed by atoms with van der Waals surface area (Å²) in [6.45, 7) is 4.01. The first kappa shape index (κ1) is 19.5. The lowest BCUT2D eigenvalue weighted by Gasteiger charge is -2.13. The molecule has 0 atom stereocenters. The maximum Gasteiger partial charge on any atom is 0.265 e. The predicted octanol–water partition coefficient (Wildman–Crippen LogP) is 4.45. The molecule has 4 aromatic rings. The van der Waals surface area contributed by atoms with Gasteiger partial charge < -0.3 is 5.32 Å². The Labute approximate surface area is 172 Å². The number of halogens is 1. The predicted molar refractivity (Wildman–Crippen MR) is 115 cm³/mol. The summed E-state index contributed by atoms with van der Waals surface area (Å²) >= 11 is 0. The van der Waals surface area contributed by atoms with Crippen molar-refractivity contribution in [3.63, 3.8) is 0 Å². The van der Waals surface area contributed by atoms with E-state index in [-0.39, 0.29) is 17.9 Å². The highest BCUT2D eigenvalue weighted by Crippen LogP contribution is 2.18. The third-order valence-electron chi connectivity index (χ3n) is 4.99. The van der Waals surface area contributed by atoms with Crippen LogP contribution < -0.4 is 10.9 Å². The van der Waals surface area contributed by atoms with Crippen LogP contribution in [0.4, 0.5) is 10.1 Å². The van der Waals surface area contributed by atoms with Crippen molar-refractivity contribution in [2.45, 2.75) is 20.4 Å². The number of rotatable bonds is 4. The van der Waals surface area contributed by atoms with E-state index in [2.05, 4.69) is 10.3 Å². The van der Waals surface area contributed by atoms with Crippen molar-refractivity contribution in [3.05, 3.63) is 105 Å². The Kier molecular flexibility index (Phi) is 5.14. The van der Waals surface area contributed by atoms with Crippen LogP contribution in [-0.4, -0.2) is 15.5 Å². The minimum absolute atomic E-state index is 0.0264. The summed E-state index contributed by atoms with van der Waals surface area (Å²) in [6.07, 6.45) is 1.60. The first-order valence-corrected chi connectivity index (χ1v) is 9.54. The van der Waals surface area contributed by atoms with Crippen LogP contribution in [0, 0.1) is 19.7 Å². The number of nitrogens with zero attached hydrogens (tertiary/aromatic N) is 2. The number of benzene rings is 2. The zero-order valence-corrected chi connectivity index (χ0v) is 16.6. The Morgan fingerprint density at radius 3 is 2.60 bits per heavy atom. The molecule has 0 saturated heterocycles. The molecule has 2 aromatic heterocycles. The van der Waals surface area contributed by atoms with Gasteiger partial charge in [0.15, 0.2) is 0 Å². The molecule has 0 saturated carbocycles. The molecule has 6 heteroatoms. The SMILES string of the molecule is Cc1ccc(C)c(NC(=O)c2cc3cccnc3n(Cc3ccc(F)cc3)c2=O)c1. The van der Waals surface area contributed by atoms with Gasteiger partial charge in [0.05, 0.1) is 6.54 Å². The zero-order chi connectivity index (χ0) is 21.3. The van der Waals surface area contributed by atoms with Crippen LogP contribution in [0.15, 0.2) is 71.7 Å². The minimum Gasteiger partial charge on any atom is -0.322 e. The van der Waals surface area contributed by atoms with Gasteiger partial charge in [0.2, 0.25) is 0 Å². The van der Waals surface area contributed by atoms with E-state index in [0.29, 0.717) is 16.7 Å². The van der Waals surface area contributed by atoms with Gasteiger partial charge in [0.25, 0.3) is 11.5 Å². The quantitative estimate of drug-likeness (QED) is 0.549. The van der Waals surface area contributed by atoms with Gasteiger partial charge in [-0.2, -0.15) is 0 Å². The monoisotopic (exact) mass is 401 g/mol. The molecule has 0 radical (unpaired) electrons. The van der Waals surface area contributed by atoms with Crippen LogP contribution in [0.2, 0.25) is 0 Å². The molecule has 30 heavy (non-hydrogen) atoms. The van der Waals surface area contributed by atoms with E-state index in [0.717, 1.165) is 16.7 Å². The van der Waals surface area contributed by atoms with E-state index in [1.54, 1.807) is 36.5 Å². The molecule has 2 heterocycles. The van der Waals surface area contributed by atoms with Crippen LogP contribution in [0.1, 0.15) is 27.0 Å². The topological polar surface area (TPSA) is 64.0 Å². The second-order valence-corrected chi connectivity index (χ2v) is 7.26. The number of carbonyl (C=O) groups excluding carboxylic acids is 1. The van der Waals surface area contributed by atoms with Crippen molar-refractivity contribution in [2.24, 2.45) is 0 Å². The van der Waals surface area contributed by atoms with E-state index >= 15 is 0 Å². The Balaban J connectivity index is 1.79. The minimum atomic E-state index is -0.479. The van der Waals surface area contributed by atoms with Gasteiger partial charge >= 0.3 is 0 Å². The molecule has 5 nitrogen and oxygen atoms in total. The lowest BCUT2D eigenvalue weighted by atomic mass is 10.1. The van der Waals surface area contributed by atoms with Crippen LogP contribution in [0.3, 0.4) is 0 Å². The van der Waals surface area contributed by atoms with Gasteiger partial charge in [-0.3, -0.25) is 14.2 Å². The molecule has 150 valence electrons. The number of pyridine rings is 2. The van der Waals surface area contributed by atoms with Crippen molar-refractivity contribution in [1.29, 1.82) is 0 Å². The fourth-order valence-corrected chi connectivity index (χ4v) is 3.35. The summed E-state index contributed by atoms with van der Waals surface area (Å²) in [4.78, 5) is 30.5. The summed E-state index contributed by atoms with van der Waals surface area (Å²) in [5.41, 5.74) is 3.35. The number of fused-ring (bicyclic) bond motifs is 1. The van der Waals surface area contributed by atoms with E-state index in [1.165, 1.54) is 16.7 Å². The van der Waals surface area contributed by atoms with Crippen molar-refractivity contribution in [2.75, 3.05) is 5.32 Å². The van der Waals surface area contributed by atoms with Gasteiger partial charge in [-0.1, -0.05) is 24.3 Å². The number of aryl methyl sites for hydroxylation is 2. The second-order valence-electron chi connectivity index (χ2n) is 7.26. The number of aromatic nitrogens is 2. The first-order chi connectivity index (χ1) is 14.4. The van der Waals surface area contributed by atoms with Crippen LogP contribution in [0.25, 0.3) is 11.0 Å². The molecule has 0 aliphatic rings. The molecule has 2 aromatic carbocycles. The molecule has 1 amide bonds. The molecule has 0 fully saturated rings. The molecule has 4 rings (SSSR count). The molecule has 0 spiro atoms. The number of carbonyl (C=O) groups is 1. The maximum absolute atomic E-state index is 13.3. The smallest absolute Gasteiger partial charge is 0.265 e. The highest BCUT2D eigenvalue weighted by molar-refractivity contribution is 6.06. The maximum atomic E-state index is 13.3. The van der Waals surface area contributed by atoms with Gasteiger partial charge in [-0.25, -0.2) is 9.37 Å². The molecule has 0 unspecified atom stereocenters. The number of anilines is 1. The molecule has 0 aliphatic heterocycles. The standard InChI is InChI=1S/C24H20FN3O2/c1-15-5-6-16(2)21(12-15)27-23(29)20-13-18-4-3-11-26-22(18)28(24(20)30)14-17-7-9-19(25)10-8-17/h3-13H,14H2,1-2H3,(H,27,29). The Bertz CT molecular complexity index is 1310. The number of amides is 1. The fraction of sp³-hybridized carbons (Fsp3) is 0.125. The van der Waals surface area contributed by atoms with Crippen LogP contribution in [-0.2, 0) is 6.54 Å². The summed E-state index contributed by atoms with van der Waals surface area (Å²) < 4.78 is 14.7. The van der Waals surface area contributed by atoms with E-state index in [9.17, 15) is 14.0 Å². The van der Waals surface area contributed by atoms with Gasteiger partial charge in [-0.05, 0) is 66.9 Å². The lowest BCUT2D eigenvalue weighted by Crippen LogP contribution is -2.30. The van der Waals surface area contributed by atoms with Crippen LogP contribution in [0.5, 0.6) is 0 Å². The highest BCUT2D eigenvalue weighted by atomic mass is 19.1. The summed E-state index contributed by atoms with van der Waals surface area (Å²) in [5.74, 6) is -0.831. The second kappa shape index (κ2) is 7.91. The fourth-order valence-electron chi connectivity index (χ4n) is 3.35. The number of hydrogen-bond donors (Lipinski definition) is 1. The lowest BCUT2D eigenvalue weighted by molar-refractivity contribution is 0.102. The Morgan fingerprint density at radius 1 is 1.07 bits per heavy atom. The van der Waals surface area contributed by atoms with E-state index in [1.807, 2.05) is 32.0 Å². The average molecular weight is 401 g/mol. The van der Waals surface area contributed by atoms with Crippen LogP contribution >= 0.6 is 0 Å². The third-order valence-corrected chi connectivity index (χ3v) is 4.99. The average Bonchev–Trinajstić information content (AvgIpc) is 2.74. The summed E-state index contributed by atoms with van der Waals surface area (Å²) in [7, 11) is 0. The third kappa shape index (κ3) is 3.85. The van der Waals surface area contributed by atoms with E-state index in [4.69, 9.17) is 0 Å². The summed E-state index contributed by atoms with van der Waals surface area (Å²) in [5, 5.41) is 3.52. The van der Waals surface area contributed by atoms with Crippen molar-refractivity contribution >= 4 is 22.6 Å². The van der Waals surface area contributed by atoms with Crippen molar-refractivity contribution < 1.29 is 9.18 Å². The Hall–Kier alpha value is -3.80. The molecule has 0 aliphatic carbocycles. The van der Waals surface area contributed by atoms with Crippen molar-refractivity contribution in [3.8, 4) is 0 Å². The Morgan fingerprint density at radius 2 is 1.83 bits per heavy atom. The van der Waals surface area contributed by atoms with Crippen molar-refractivity contribution in [1.82, 2.24) is 9.55 Å². The normalized spacial score (nSPS) is 10.9. The molecular formula is C24H20FN3O2. The number of nitrogens with one attached hydrogen (secondary N) is 1. The molecule has 1 N–H and O–H groups in total. The zero-order valence-electron chi connectivity index (χ0n) is 16.6. The largest absolute Gasteiger partial charge is 0.322 e. The molecular weight excluding hydrogens is 381 g/mol. The van der Waals surface area contributed by atoms with Gasteiger partial charge in [0, 0.05) is 17.3 Å². The highest BCUT2D eigenvalue weighted by Gasteiger charge is 2.17. The first-order valence-electron chi connectivity index (χ1n) is 9.54.